The van der Waals surface area contributed by atoms with Crippen molar-refractivity contribution in [3.05, 3.63) is 54.1 Å². The van der Waals surface area contributed by atoms with Crippen molar-refractivity contribution in [3.8, 4) is 11.5 Å². The van der Waals surface area contributed by atoms with E-state index in [4.69, 9.17) is 9.88 Å². The van der Waals surface area contributed by atoms with Crippen molar-refractivity contribution in [1.82, 2.24) is 15.1 Å². The van der Waals surface area contributed by atoms with E-state index in [0.29, 0.717) is 69.8 Å². The molecule has 44 heavy (non-hydrogen) atoms. The number of nitrogens with zero attached hydrogens (tertiary/aromatic N) is 2. The monoisotopic (exact) mass is 648 g/mol. The van der Waals surface area contributed by atoms with E-state index in [0.717, 1.165) is 37.7 Å². The molecule has 2 saturated heterocycles. The van der Waals surface area contributed by atoms with Crippen LogP contribution in [0.1, 0.15) is 76.7 Å². The van der Waals surface area contributed by atoms with Crippen LogP contribution in [-0.4, -0.2) is 72.0 Å². The van der Waals surface area contributed by atoms with Gasteiger partial charge in [0.05, 0.1) is 10.5 Å². The molecule has 12 heteroatoms. The third-order valence-electron chi connectivity index (χ3n) is 9.31. The number of amides is 2. The van der Waals surface area contributed by atoms with Gasteiger partial charge >= 0.3 is 0 Å². The van der Waals surface area contributed by atoms with Gasteiger partial charge in [-0.1, -0.05) is 44.7 Å². The second kappa shape index (κ2) is 14.2. The van der Waals surface area contributed by atoms with Gasteiger partial charge in [-0.3, -0.25) is 14.5 Å². The van der Waals surface area contributed by atoms with Crippen LogP contribution in [0.25, 0.3) is 0 Å². The molecule has 0 unspecified atom stereocenters. The number of piperidine rings is 1. The molecular weight excluding hydrogens is 604 g/mol. The lowest BCUT2D eigenvalue weighted by atomic mass is 9.77. The number of nitrogens with one attached hydrogen (secondary N) is 1. The van der Waals surface area contributed by atoms with Crippen LogP contribution in [0.4, 0.5) is 0 Å². The predicted molar refractivity (Wildman–Crippen MR) is 170 cm³/mol. The molecule has 1 aliphatic carbocycles. The average Bonchev–Trinajstić information content (AvgIpc) is 2.98. The van der Waals surface area contributed by atoms with Gasteiger partial charge in [-0.2, -0.15) is 0 Å². The number of sulfonamides is 1. The van der Waals surface area contributed by atoms with E-state index < -0.39 is 27.2 Å². The number of carbonyl (C=O) groups excluding carboxylic acids is 2. The van der Waals surface area contributed by atoms with Crippen LogP contribution in [0.5, 0.6) is 11.5 Å². The van der Waals surface area contributed by atoms with E-state index in [2.05, 4.69) is 17.1 Å². The van der Waals surface area contributed by atoms with Gasteiger partial charge in [-0.15, -0.1) is 12.4 Å². The van der Waals surface area contributed by atoms with Crippen molar-refractivity contribution >= 4 is 34.2 Å². The molecule has 4 N–H and O–H groups in total. The van der Waals surface area contributed by atoms with Crippen LogP contribution in [0.2, 0.25) is 0 Å². The summed E-state index contributed by atoms with van der Waals surface area (Å²) < 4.78 is 28.8. The first-order chi connectivity index (χ1) is 20.5. The Bertz CT molecular complexity index is 1390. The van der Waals surface area contributed by atoms with Crippen molar-refractivity contribution in [2.24, 2.45) is 5.14 Å². The zero-order chi connectivity index (χ0) is 30.7. The summed E-state index contributed by atoms with van der Waals surface area (Å²) in [6.07, 6.45) is 7.59. The predicted octanol–water partition coefficient (Wildman–Crippen LogP) is 4.10. The highest BCUT2D eigenvalue weighted by atomic mass is 35.5. The summed E-state index contributed by atoms with van der Waals surface area (Å²) in [7, 11) is -3.76. The first kappa shape index (κ1) is 34.2. The number of hydrogen-bond donors (Lipinski definition) is 3. The standard InChI is InChI=1S/C32H44N4O6S.ClH/c1-2-3-19-36-29(37)28(22-31(39)15-5-4-6-16-31)34-30(38)32(36)17-20-35(21-18-32)23-24-7-9-25(10-8-24)42-26-11-13-27(14-12-26)43(33,40)41;/h7-14,28,39H,2-6,15-23H2,1H3,(H,34,38)(H2,33,40,41);1H/t28-;/m1./s1. The minimum Gasteiger partial charge on any atom is -0.457 e. The number of benzene rings is 2. The lowest BCUT2D eigenvalue weighted by molar-refractivity contribution is -0.163. The molecule has 2 amide bonds. The molecule has 3 fully saturated rings. The first-order valence-electron chi connectivity index (χ1n) is 15.5. The fourth-order valence-corrected chi connectivity index (χ4v) is 7.30. The molecule has 0 bridgehead atoms. The van der Waals surface area contributed by atoms with E-state index in [1.165, 1.54) is 12.1 Å². The number of halogens is 1. The van der Waals surface area contributed by atoms with Crippen molar-refractivity contribution < 1.29 is 27.9 Å². The van der Waals surface area contributed by atoms with Gasteiger partial charge < -0.3 is 20.1 Å². The molecule has 10 nitrogen and oxygen atoms in total. The lowest BCUT2D eigenvalue weighted by Gasteiger charge is -2.52. The van der Waals surface area contributed by atoms with Crippen molar-refractivity contribution in [2.45, 2.75) is 99.8 Å². The fraction of sp³-hybridized carbons (Fsp3) is 0.562. The molecule has 2 aliphatic heterocycles. The maximum absolute atomic E-state index is 13.8. The Hall–Kier alpha value is -2.70. The van der Waals surface area contributed by atoms with Crippen LogP contribution in [0.15, 0.2) is 53.4 Å². The molecule has 2 aromatic rings. The maximum atomic E-state index is 13.8. The Balaban J connectivity index is 0.00000442. The number of ether oxygens (including phenoxy) is 1. The molecule has 0 aromatic heterocycles. The fourth-order valence-electron chi connectivity index (χ4n) is 6.78. The van der Waals surface area contributed by atoms with Gasteiger partial charge in [0.15, 0.2) is 0 Å². The maximum Gasteiger partial charge on any atom is 0.246 e. The molecule has 1 atom stereocenters. The summed E-state index contributed by atoms with van der Waals surface area (Å²) in [6.45, 7) is 4.73. The van der Waals surface area contributed by atoms with Crippen molar-refractivity contribution in [2.75, 3.05) is 19.6 Å². The normalized spacial score (nSPS) is 21.9. The molecule has 0 radical (unpaired) electrons. The summed E-state index contributed by atoms with van der Waals surface area (Å²) in [5.41, 5.74) is -0.624. The Morgan fingerprint density at radius 2 is 1.55 bits per heavy atom. The quantitative estimate of drug-likeness (QED) is 0.352. The van der Waals surface area contributed by atoms with Gasteiger partial charge in [0.1, 0.15) is 23.1 Å². The number of unbranched alkanes of at least 4 members (excludes halogenated alkanes) is 1. The number of piperazine rings is 1. The Morgan fingerprint density at radius 3 is 2.11 bits per heavy atom. The number of hydrogen-bond acceptors (Lipinski definition) is 7. The SMILES string of the molecule is CCCCN1C(=O)[C@@H](CC2(O)CCCCC2)NC(=O)C12CCN(Cc1ccc(Oc3ccc(S(N)(=O)=O)cc3)cc1)CC2.Cl. The van der Waals surface area contributed by atoms with Gasteiger partial charge in [0.25, 0.3) is 0 Å². The van der Waals surface area contributed by atoms with Crippen LogP contribution < -0.4 is 15.2 Å². The molecule has 242 valence electrons. The highest BCUT2D eigenvalue weighted by Gasteiger charge is 2.54. The molecule has 1 spiro atoms. The summed E-state index contributed by atoms with van der Waals surface area (Å²) in [5.74, 6) is 1.01. The van der Waals surface area contributed by atoms with Crippen molar-refractivity contribution in [1.29, 1.82) is 0 Å². The number of nitrogens with two attached hydrogens (primary N) is 1. The third-order valence-corrected chi connectivity index (χ3v) is 10.2. The number of carbonyl (C=O) groups is 2. The van der Waals surface area contributed by atoms with Gasteiger partial charge in [-0.05, 0) is 74.1 Å². The van der Waals surface area contributed by atoms with Gasteiger partial charge in [0.2, 0.25) is 21.8 Å². The third kappa shape index (κ3) is 7.74. The van der Waals surface area contributed by atoms with E-state index in [1.807, 2.05) is 29.2 Å². The van der Waals surface area contributed by atoms with E-state index in [9.17, 15) is 23.1 Å². The smallest absolute Gasteiger partial charge is 0.246 e. The zero-order valence-electron chi connectivity index (χ0n) is 25.4. The second-order valence-electron chi connectivity index (χ2n) is 12.4. The lowest BCUT2D eigenvalue weighted by Crippen LogP contribution is -2.73. The Labute approximate surface area is 266 Å². The van der Waals surface area contributed by atoms with Crippen LogP contribution >= 0.6 is 12.4 Å². The van der Waals surface area contributed by atoms with E-state index >= 15 is 0 Å². The minimum atomic E-state index is -3.76. The number of aliphatic hydroxyl groups is 1. The summed E-state index contributed by atoms with van der Waals surface area (Å²) >= 11 is 0. The second-order valence-corrected chi connectivity index (χ2v) is 14.0. The summed E-state index contributed by atoms with van der Waals surface area (Å²) in [5, 5.41) is 19.3. The van der Waals surface area contributed by atoms with E-state index in [-0.39, 0.29) is 29.1 Å². The van der Waals surface area contributed by atoms with Gasteiger partial charge in [0, 0.05) is 32.6 Å². The highest BCUT2D eigenvalue weighted by molar-refractivity contribution is 7.89. The number of likely N-dealkylation sites (tertiary alicyclic amines) is 1. The minimum absolute atomic E-state index is 0. The van der Waals surface area contributed by atoms with Crippen molar-refractivity contribution in [3.63, 3.8) is 0 Å². The van der Waals surface area contributed by atoms with E-state index in [1.54, 1.807) is 12.1 Å². The van der Waals surface area contributed by atoms with Crippen LogP contribution in [-0.2, 0) is 26.2 Å². The molecule has 1 saturated carbocycles. The van der Waals surface area contributed by atoms with Gasteiger partial charge in [-0.25, -0.2) is 13.6 Å². The summed E-state index contributed by atoms with van der Waals surface area (Å²) in [6, 6.07) is 13.0. The largest absolute Gasteiger partial charge is 0.457 e. The Morgan fingerprint density at radius 1 is 0.955 bits per heavy atom. The molecule has 5 rings (SSSR count). The zero-order valence-corrected chi connectivity index (χ0v) is 27.0. The summed E-state index contributed by atoms with van der Waals surface area (Å²) in [4.78, 5) is 31.7. The van der Waals surface area contributed by atoms with Crippen LogP contribution in [0.3, 0.4) is 0 Å². The number of primary sulfonamides is 1. The molecular formula is C32H45ClN4O6S. The molecule has 3 aliphatic rings. The highest BCUT2D eigenvalue weighted by Crippen LogP contribution is 2.38. The topological polar surface area (TPSA) is 142 Å². The molecule has 2 heterocycles. The molecule has 2 aromatic carbocycles. The van der Waals surface area contributed by atoms with Crippen LogP contribution in [0, 0.1) is 0 Å². The first-order valence-corrected chi connectivity index (χ1v) is 17.0. The average molecular weight is 649 g/mol. The number of rotatable bonds is 10. The Kier molecular flexibility index (Phi) is 11.0.